The number of nitrogens with zero attached hydrogens (tertiary/aromatic N) is 4. The van der Waals surface area contributed by atoms with Gasteiger partial charge in [-0.1, -0.05) is 24.3 Å². The van der Waals surface area contributed by atoms with Gasteiger partial charge in [-0.15, -0.1) is 0 Å². The van der Waals surface area contributed by atoms with E-state index in [0.29, 0.717) is 24.2 Å². The molecule has 6 nitrogen and oxygen atoms in total. The maximum Gasteiger partial charge on any atom is 0.251 e. The van der Waals surface area contributed by atoms with E-state index in [1.165, 1.54) is 6.33 Å². The highest BCUT2D eigenvalue weighted by Crippen LogP contribution is 2.07. The molecule has 1 N–H and O–H groups in total. The number of nitrogens with one attached hydrogen (secondary N) is 1. The van der Waals surface area contributed by atoms with Crippen LogP contribution in [0.3, 0.4) is 0 Å². The largest absolute Gasteiger partial charge is 0.348 e. The first-order chi connectivity index (χ1) is 11.7. The average Bonchev–Trinajstić information content (AvgIpc) is 3.14. The summed E-state index contributed by atoms with van der Waals surface area (Å²) >= 11 is 0. The molecule has 24 heavy (non-hydrogen) atoms. The van der Waals surface area contributed by atoms with Crippen molar-refractivity contribution in [2.24, 2.45) is 0 Å². The van der Waals surface area contributed by atoms with Gasteiger partial charge < -0.3 is 5.32 Å². The summed E-state index contributed by atoms with van der Waals surface area (Å²) in [7, 11) is 0. The Morgan fingerprint density at radius 1 is 1.08 bits per heavy atom. The molecule has 118 valence electrons. The van der Waals surface area contributed by atoms with Crippen molar-refractivity contribution < 1.29 is 4.79 Å². The Morgan fingerprint density at radius 2 is 1.79 bits per heavy atom. The van der Waals surface area contributed by atoms with Crippen molar-refractivity contribution in [1.82, 2.24) is 20.1 Å². The Labute approximate surface area is 139 Å². The maximum absolute atomic E-state index is 12.1. The summed E-state index contributed by atoms with van der Waals surface area (Å²) < 4.78 is 1.75. The van der Waals surface area contributed by atoms with Gasteiger partial charge in [0, 0.05) is 12.1 Å². The zero-order valence-electron chi connectivity index (χ0n) is 12.9. The third-order valence-electron chi connectivity index (χ3n) is 3.56. The Hall–Kier alpha value is -3.46. The van der Waals surface area contributed by atoms with E-state index >= 15 is 0 Å². The lowest BCUT2D eigenvalue weighted by Crippen LogP contribution is -2.22. The number of hydrogen-bond acceptors (Lipinski definition) is 4. The number of nitriles is 1. The van der Waals surface area contributed by atoms with Crippen LogP contribution in [0.1, 0.15) is 27.0 Å². The Bertz CT molecular complexity index is 846. The van der Waals surface area contributed by atoms with Crippen molar-refractivity contribution in [3.63, 3.8) is 0 Å². The molecule has 0 radical (unpaired) electrons. The lowest BCUT2D eigenvalue weighted by atomic mass is 10.1. The van der Waals surface area contributed by atoms with Gasteiger partial charge in [-0.3, -0.25) is 4.79 Å². The van der Waals surface area contributed by atoms with E-state index in [-0.39, 0.29) is 5.91 Å². The number of rotatable bonds is 5. The maximum atomic E-state index is 12.1. The summed E-state index contributed by atoms with van der Waals surface area (Å²) in [5, 5.41) is 15.7. The molecule has 0 unspecified atom stereocenters. The van der Waals surface area contributed by atoms with E-state index < -0.39 is 0 Å². The van der Waals surface area contributed by atoms with Crippen molar-refractivity contribution in [3.05, 3.63) is 83.4 Å². The van der Waals surface area contributed by atoms with Crippen LogP contribution in [0.4, 0.5) is 0 Å². The standard InChI is InChI=1S/C18H15N5O/c19-9-14-5-7-17(8-6-14)18(24)21-10-15-1-3-16(4-2-15)11-23-13-20-12-22-23/h1-8,12-13H,10-11H2,(H,21,24). The Balaban J connectivity index is 1.56. The number of benzene rings is 2. The summed E-state index contributed by atoms with van der Waals surface area (Å²) in [6.45, 7) is 1.11. The zero-order valence-corrected chi connectivity index (χ0v) is 12.9. The van der Waals surface area contributed by atoms with Gasteiger partial charge in [-0.2, -0.15) is 10.4 Å². The molecule has 2 aromatic carbocycles. The molecular formula is C18H15N5O. The molecule has 6 heteroatoms. The number of amides is 1. The molecule has 3 rings (SSSR count). The van der Waals surface area contributed by atoms with Crippen LogP contribution in [-0.4, -0.2) is 20.7 Å². The fourth-order valence-electron chi connectivity index (χ4n) is 2.24. The highest BCUT2D eigenvalue weighted by atomic mass is 16.1. The van der Waals surface area contributed by atoms with Gasteiger partial charge in [0.05, 0.1) is 18.2 Å². The molecule has 0 aliphatic heterocycles. The second kappa shape index (κ2) is 7.20. The molecule has 0 fully saturated rings. The van der Waals surface area contributed by atoms with Gasteiger partial charge in [0.15, 0.2) is 0 Å². The van der Waals surface area contributed by atoms with E-state index in [1.807, 2.05) is 30.3 Å². The molecule has 0 atom stereocenters. The van der Waals surface area contributed by atoms with Crippen LogP contribution in [0, 0.1) is 11.3 Å². The smallest absolute Gasteiger partial charge is 0.251 e. The normalized spacial score (nSPS) is 10.1. The molecule has 0 aliphatic carbocycles. The van der Waals surface area contributed by atoms with Crippen LogP contribution in [-0.2, 0) is 13.1 Å². The highest BCUT2D eigenvalue weighted by molar-refractivity contribution is 5.94. The van der Waals surface area contributed by atoms with Crippen LogP contribution in [0.15, 0.2) is 61.2 Å². The average molecular weight is 317 g/mol. The monoisotopic (exact) mass is 317 g/mol. The van der Waals surface area contributed by atoms with Gasteiger partial charge in [0.25, 0.3) is 5.91 Å². The summed E-state index contributed by atoms with van der Waals surface area (Å²) in [6, 6.07) is 16.6. The molecule has 0 aliphatic rings. The molecule has 0 saturated carbocycles. The van der Waals surface area contributed by atoms with Crippen LogP contribution < -0.4 is 5.32 Å². The van der Waals surface area contributed by atoms with E-state index in [9.17, 15) is 4.79 Å². The Kier molecular flexibility index (Phi) is 4.63. The number of aromatic nitrogens is 3. The number of carbonyl (C=O) groups excluding carboxylic acids is 1. The zero-order chi connectivity index (χ0) is 16.8. The topological polar surface area (TPSA) is 83.6 Å². The third-order valence-corrected chi connectivity index (χ3v) is 3.56. The van der Waals surface area contributed by atoms with Crippen molar-refractivity contribution in [2.75, 3.05) is 0 Å². The SMILES string of the molecule is N#Cc1ccc(C(=O)NCc2ccc(Cn3cncn3)cc2)cc1. The first-order valence-corrected chi connectivity index (χ1v) is 7.43. The minimum absolute atomic E-state index is 0.161. The van der Waals surface area contributed by atoms with Crippen LogP contribution in [0.25, 0.3) is 0 Å². The Morgan fingerprint density at radius 3 is 2.42 bits per heavy atom. The second-order valence-corrected chi connectivity index (χ2v) is 5.28. The summed E-state index contributed by atoms with van der Waals surface area (Å²) in [6.07, 6.45) is 3.18. The molecular weight excluding hydrogens is 302 g/mol. The van der Waals surface area contributed by atoms with E-state index in [4.69, 9.17) is 5.26 Å². The van der Waals surface area contributed by atoms with Gasteiger partial charge >= 0.3 is 0 Å². The van der Waals surface area contributed by atoms with Gasteiger partial charge in [0.1, 0.15) is 12.7 Å². The van der Waals surface area contributed by atoms with Crippen molar-refractivity contribution in [3.8, 4) is 6.07 Å². The first kappa shape index (κ1) is 15.4. The molecule has 0 saturated heterocycles. The molecule has 0 bridgehead atoms. The van der Waals surface area contributed by atoms with Crippen LogP contribution in [0.2, 0.25) is 0 Å². The fourth-order valence-corrected chi connectivity index (χ4v) is 2.24. The van der Waals surface area contributed by atoms with Crippen molar-refractivity contribution in [2.45, 2.75) is 13.1 Å². The van der Waals surface area contributed by atoms with Crippen LogP contribution in [0.5, 0.6) is 0 Å². The van der Waals surface area contributed by atoms with Gasteiger partial charge in [-0.05, 0) is 35.4 Å². The lowest BCUT2D eigenvalue weighted by Gasteiger charge is -2.07. The van der Waals surface area contributed by atoms with Crippen molar-refractivity contribution >= 4 is 5.91 Å². The number of carbonyl (C=O) groups is 1. The summed E-state index contributed by atoms with van der Waals surface area (Å²) in [5.41, 5.74) is 3.20. The molecule has 1 aromatic heterocycles. The first-order valence-electron chi connectivity index (χ1n) is 7.43. The highest BCUT2D eigenvalue weighted by Gasteiger charge is 2.05. The van der Waals surface area contributed by atoms with Gasteiger partial charge in [0.2, 0.25) is 0 Å². The van der Waals surface area contributed by atoms with Gasteiger partial charge in [-0.25, -0.2) is 9.67 Å². The minimum Gasteiger partial charge on any atom is -0.348 e. The number of hydrogen-bond donors (Lipinski definition) is 1. The molecule has 1 amide bonds. The fraction of sp³-hybridized carbons (Fsp3) is 0.111. The second-order valence-electron chi connectivity index (χ2n) is 5.28. The third kappa shape index (κ3) is 3.84. The van der Waals surface area contributed by atoms with E-state index in [2.05, 4.69) is 15.4 Å². The predicted octanol–water partition coefficient (Wildman–Crippen LogP) is 2.13. The summed E-state index contributed by atoms with van der Waals surface area (Å²) in [4.78, 5) is 16.0. The minimum atomic E-state index is -0.161. The summed E-state index contributed by atoms with van der Waals surface area (Å²) in [5.74, 6) is -0.161. The quantitative estimate of drug-likeness (QED) is 0.781. The van der Waals surface area contributed by atoms with Crippen molar-refractivity contribution in [1.29, 1.82) is 5.26 Å². The molecule has 0 spiro atoms. The molecule has 1 heterocycles. The van der Waals surface area contributed by atoms with E-state index in [0.717, 1.165) is 11.1 Å². The van der Waals surface area contributed by atoms with Crippen LogP contribution >= 0.6 is 0 Å². The van der Waals surface area contributed by atoms with E-state index in [1.54, 1.807) is 35.3 Å². The predicted molar refractivity (Wildman–Crippen MR) is 87.9 cm³/mol. The molecule has 3 aromatic rings. The lowest BCUT2D eigenvalue weighted by molar-refractivity contribution is 0.0951.